The van der Waals surface area contributed by atoms with Gasteiger partial charge in [-0.2, -0.15) is 0 Å². The fourth-order valence-electron chi connectivity index (χ4n) is 2.79. The summed E-state index contributed by atoms with van der Waals surface area (Å²) in [5.41, 5.74) is 4.62. The predicted molar refractivity (Wildman–Crippen MR) is 101 cm³/mol. The number of ether oxygens (including phenoxy) is 2. The van der Waals surface area contributed by atoms with Gasteiger partial charge in [0.05, 0.1) is 19.9 Å². The van der Waals surface area contributed by atoms with Gasteiger partial charge in [0, 0.05) is 23.7 Å². The number of rotatable bonds is 5. The maximum Gasteiger partial charge on any atom is 0.253 e. The Hall–Kier alpha value is -2.95. The normalized spacial score (nSPS) is 10.7. The van der Waals surface area contributed by atoms with Crippen LogP contribution in [0.25, 0.3) is 10.9 Å². The fraction of sp³-hybridized carbons (Fsp3) is 0.250. The summed E-state index contributed by atoms with van der Waals surface area (Å²) in [5.74, 6) is 1.39. The highest BCUT2D eigenvalue weighted by Gasteiger charge is 2.08. The lowest BCUT2D eigenvalue weighted by molar-refractivity contribution is 0.395. The molecule has 0 amide bonds. The van der Waals surface area contributed by atoms with Crippen LogP contribution < -0.4 is 20.3 Å². The third-order valence-electron chi connectivity index (χ3n) is 4.41. The minimum Gasteiger partial charge on any atom is -0.497 e. The van der Waals surface area contributed by atoms with E-state index in [4.69, 9.17) is 9.47 Å². The molecule has 0 saturated carbocycles. The number of pyridine rings is 1. The molecule has 0 bridgehead atoms. The largest absolute Gasteiger partial charge is 0.497 e. The minimum absolute atomic E-state index is 0.0873. The molecule has 0 fully saturated rings. The monoisotopic (exact) mass is 338 g/mol. The van der Waals surface area contributed by atoms with Crippen molar-refractivity contribution in [2.45, 2.75) is 20.4 Å². The van der Waals surface area contributed by atoms with Gasteiger partial charge in [0.25, 0.3) is 5.56 Å². The molecule has 0 saturated heterocycles. The van der Waals surface area contributed by atoms with Crippen LogP contribution in [0.2, 0.25) is 0 Å². The van der Waals surface area contributed by atoms with Crippen molar-refractivity contribution in [1.29, 1.82) is 0 Å². The maximum absolute atomic E-state index is 12.4. The molecule has 130 valence electrons. The van der Waals surface area contributed by atoms with E-state index in [1.54, 1.807) is 20.3 Å². The second-order valence-corrected chi connectivity index (χ2v) is 6.07. The smallest absolute Gasteiger partial charge is 0.253 e. The second-order valence-electron chi connectivity index (χ2n) is 6.07. The summed E-state index contributed by atoms with van der Waals surface area (Å²) >= 11 is 0. The van der Waals surface area contributed by atoms with Gasteiger partial charge in [-0.05, 0) is 60.7 Å². The topological polar surface area (TPSA) is 63.3 Å². The number of aromatic amines is 1. The Balaban J connectivity index is 1.89. The van der Waals surface area contributed by atoms with Crippen LogP contribution >= 0.6 is 0 Å². The average Bonchev–Trinajstić information content (AvgIpc) is 2.61. The molecule has 0 atom stereocenters. The van der Waals surface area contributed by atoms with Crippen molar-refractivity contribution in [3.05, 3.63) is 63.4 Å². The van der Waals surface area contributed by atoms with E-state index in [9.17, 15) is 4.79 Å². The van der Waals surface area contributed by atoms with E-state index < -0.39 is 0 Å². The molecule has 1 heterocycles. The highest BCUT2D eigenvalue weighted by molar-refractivity contribution is 5.80. The van der Waals surface area contributed by atoms with E-state index in [0.717, 1.165) is 27.9 Å². The summed E-state index contributed by atoms with van der Waals surface area (Å²) in [6.07, 6.45) is 0. The van der Waals surface area contributed by atoms with E-state index in [-0.39, 0.29) is 5.56 Å². The van der Waals surface area contributed by atoms with Crippen LogP contribution in [0.5, 0.6) is 11.5 Å². The molecule has 5 nitrogen and oxygen atoms in total. The van der Waals surface area contributed by atoms with Gasteiger partial charge in [-0.3, -0.25) is 4.79 Å². The number of methoxy groups -OCH3 is 2. The number of hydrogen-bond acceptors (Lipinski definition) is 4. The Morgan fingerprint density at radius 1 is 1.00 bits per heavy atom. The van der Waals surface area contributed by atoms with Crippen LogP contribution in [0.1, 0.15) is 16.7 Å². The average molecular weight is 338 g/mol. The maximum atomic E-state index is 12.4. The predicted octanol–water partition coefficient (Wildman–Crippen LogP) is 3.77. The summed E-state index contributed by atoms with van der Waals surface area (Å²) in [6, 6.07) is 11.6. The fourth-order valence-corrected chi connectivity index (χ4v) is 2.79. The van der Waals surface area contributed by atoms with Crippen molar-refractivity contribution in [2.75, 3.05) is 19.5 Å². The number of anilines is 1. The van der Waals surface area contributed by atoms with E-state index in [0.29, 0.717) is 17.9 Å². The number of aryl methyl sites for hydroxylation is 2. The van der Waals surface area contributed by atoms with Crippen LogP contribution in [0, 0.1) is 13.8 Å². The molecule has 1 aromatic heterocycles. The van der Waals surface area contributed by atoms with Crippen molar-refractivity contribution >= 4 is 16.6 Å². The van der Waals surface area contributed by atoms with Gasteiger partial charge in [-0.15, -0.1) is 0 Å². The van der Waals surface area contributed by atoms with Crippen molar-refractivity contribution in [3.8, 4) is 11.5 Å². The zero-order valence-electron chi connectivity index (χ0n) is 14.9. The lowest BCUT2D eigenvalue weighted by Crippen LogP contribution is -2.16. The minimum atomic E-state index is -0.0873. The molecule has 3 aromatic rings. The first kappa shape index (κ1) is 16.9. The second kappa shape index (κ2) is 6.89. The van der Waals surface area contributed by atoms with Crippen molar-refractivity contribution in [3.63, 3.8) is 0 Å². The van der Waals surface area contributed by atoms with Gasteiger partial charge in [0.1, 0.15) is 11.5 Å². The molecule has 0 radical (unpaired) electrons. The quantitative estimate of drug-likeness (QED) is 0.743. The third-order valence-corrected chi connectivity index (χ3v) is 4.41. The standard InChI is InChI=1S/C20H22N2O3/c1-12-7-14-9-15(20(23)22-18(14)8-13(12)2)11-21-17-6-5-16(24-3)10-19(17)25-4/h5-10,21H,11H2,1-4H3,(H,22,23). The van der Waals surface area contributed by atoms with Crippen LogP contribution in [-0.2, 0) is 6.54 Å². The molecule has 0 aliphatic heterocycles. The SMILES string of the molecule is COc1ccc(NCc2cc3cc(C)c(C)cc3[nH]c2=O)c(OC)c1. The Kier molecular flexibility index (Phi) is 4.65. The summed E-state index contributed by atoms with van der Waals surface area (Å²) < 4.78 is 10.6. The van der Waals surface area contributed by atoms with Gasteiger partial charge in [-0.1, -0.05) is 0 Å². The van der Waals surface area contributed by atoms with E-state index in [2.05, 4.69) is 23.3 Å². The number of fused-ring (bicyclic) bond motifs is 1. The van der Waals surface area contributed by atoms with Gasteiger partial charge in [0.2, 0.25) is 0 Å². The lowest BCUT2D eigenvalue weighted by atomic mass is 10.0. The first-order valence-corrected chi connectivity index (χ1v) is 8.11. The molecule has 5 heteroatoms. The van der Waals surface area contributed by atoms with Crippen molar-refractivity contribution < 1.29 is 9.47 Å². The van der Waals surface area contributed by atoms with Crippen LogP contribution in [0.3, 0.4) is 0 Å². The molecular formula is C20H22N2O3. The highest BCUT2D eigenvalue weighted by atomic mass is 16.5. The zero-order chi connectivity index (χ0) is 18.0. The summed E-state index contributed by atoms with van der Waals surface area (Å²) in [5, 5.41) is 4.29. The lowest BCUT2D eigenvalue weighted by Gasteiger charge is -2.13. The molecule has 0 spiro atoms. The Morgan fingerprint density at radius 2 is 1.76 bits per heavy atom. The Labute approximate surface area is 146 Å². The van der Waals surface area contributed by atoms with Gasteiger partial charge in [-0.25, -0.2) is 0 Å². The first-order chi connectivity index (χ1) is 12.0. The van der Waals surface area contributed by atoms with Crippen molar-refractivity contribution in [1.82, 2.24) is 4.98 Å². The highest BCUT2D eigenvalue weighted by Crippen LogP contribution is 2.29. The van der Waals surface area contributed by atoms with Gasteiger partial charge < -0.3 is 19.8 Å². The van der Waals surface area contributed by atoms with Crippen LogP contribution in [-0.4, -0.2) is 19.2 Å². The molecular weight excluding hydrogens is 316 g/mol. The molecule has 25 heavy (non-hydrogen) atoms. The van der Waals surface area contributed by atoms with E-state index >= 15 is 0 Å². The van der Waals surface area contributed by atoms with E-state index in [1.165, 1.54) is 5.56 Å². The number of nitrogens with one attached hydrogen (secondary N) is 2. The number of H-pyrrole nitrogens is 1. The van der Waals surface area contributed by atoms with Crippen molar-refractivity contribution in [2.24, 2.45) is 0 Å². The Morgan fingerprint density at radius 3 is 2.48 bits per heavy atom. The first-order valence-electron chi connectivity index (χ1n) is 8.11. The zero-order valence-corrected chi connectivity index (χ0v) is 14.9. The van der Waals surface area contributed by atoms with Crippen LogP contribution in [0.15, 0.2) is 41.2 Å². The van der Waals surface area contributed by atoms with E-state index in [1.807, 2.05) is 31.2 Å². The summed E-state index contributed by atoms with van der Waals surface area (Å²) in [4.78, 5) is 15.3. The third kappa shape index (κ3) is 3.45. The van der Waals surface area contributed by atoms with Gasteiger partial charge >= 0.3 is 0 Å². The summed E-state index contributed by atoms with van der Waals surface area (Å²) in [7, 11) is 3.22. The number of hydrogen-bond donors (Lipinski definition) is 2. The molecule has 0 unspecified atom stereocenters. The van der Waals surface area contributed by atoms with Crippen LogP contribution in [0.4, 0.5) is 5.69 Å². The molecule has 0 aliphatic rings. The molecule has 2 N–H and O–H groups in total. The van der Waals surface area contributed by atoms with Gasteiger partial charge in [0.15, 0.2) is 0 Å². The summed E-state index contributed by atoms with van der Waals surface area (Å²) in [6.45, 7) is 4.51. The Bertz CT molecular complexity index is 977. The number of aromatic nitrogens is 1. The molecule has 0 aliphatic carbocycles. The number of benzene rings is 2. The molecule has 3 rings (SSSR count). The molecule has 2 aromatic carbocycles.